The zero-order chi connectivity index (χ0) is 7.68. The number of nitrogens with zero attached hydrogens (tertiary/aromatic N) is 1. The predicted molar refractivity (Wildman–Crippen MR) is 45.3 cm³/mol. The highest BCUT2D eigenvalue weighted by Crippen LogP contribution is 2.10. The summed E-state index contributed by atoms with van der Waals surface area (Å²) in [6, 6.07) is 7.97. The van der Waals surface area contributed by atoms with E-state index in [0.717, 1.165) is 11.1 Å². The summed E-state index contributed by atoms with van der Waals surface area (Å²) in [7, 11) is 0. The Balaban J connectivity index is 2.76. The SMILES string of the molecule is CS[n+]1coc2ccccc21. The number of aromatic nitrogens is 1. The van der Waals surface area contributed by atoms with Gasteiger partial charge >= 0.3 is 6.39 Å². The number of hydrogen-bond acceptors (Lipinski definition) is 2. The molecule has 2 nitrogen and oxygen atoms in total. The molecular formula is C8H8NOS+. The van der Waals surface area contributed by atoms with Gasteiger partial charge in [0.25, 0.3) is 5.52 Å². The highest BCUT2D eigenvalue weighted by molar-refractivity contribution is 7.92. The van der Waals surface area contributed by atoms with Crippen LogP contribution >= 0.6 is 11.9 Å². The average Bonchev–Trinajstić information content (AvgIpc) is 2.47. The molecule has 0 unspecified atom stereocenters. The maximum Gasteiger partial charge on any atom is 0.349 e. The van der Waals surface area contributed by atoms with Crippen molar-refractivity contribution in [1.29, 1.82) is 0 Å². The van der Waals surface area contributed by atoms with Gasteiger partial charge in [-0.25, -0.2) is 0 Å². The van der Waals surface area contributed by atoms with Gasteiger partial charge in [0.2, 0.25) is 5.58 Å². The molecule has 3 heteroatoms. The van der Waals surface area contributed by atoms with Gasteiger partial charge in [-0.15, -0.1) is 0 Å². The van der Waals surface area contributed by atoms with Crippen LogP contribution in [0.25, 0.3) is 11.1 Å². The van der Waals surface area contributed by atoms with Crippen LogP contribution in [0.15, 0.2) is 35.1 Å². The molecule has 0 fully saturated rings. The van der Waals surface area contributed by atoms with Gasteiger partial charge in [-0.3, -0.25) is 0 Å². The summed E-state index contributed by atoms with van der Waals surface area (Å²) >= 11 is 1.63. The molecule has 0 aliphatic carbocycles. The second-order valence-corrected chi connectivity index (χ2v) is 2.96. The predicted octanol–water partition coefficient (Wildman–Crippen LogP) is 1.85. The van der Waals surface area contributed by atoms with Gasteiger partial charge < -0.3 is 4.42 Å². The zero-order valence-corrected chi connectivity index (χ0v) is 6.97. The second kappa shape index (κ2) is 2.58. The van der Waals surface area contributed by atoms with E-state index in [1.807, 2.05) is 34.5 Å². The Morgan fingerprint density at radius 1 is 1.36 bits per heavy atom. The van der Waals surface area contributed by atoms with Crippen LogP contribution in [0.2, 0.25) is 0 Å². The molecule has 2 rings (SSSR count). The maximum atomic E-state index is 5.28. The van der Waals surface area contributed by atoms with Crippen LogP contribution in [-0.4, -0.2) is 6.26 Å². The Morgan fingerprint density at radius 2 is 2.18 bits per heavy atom. The molecule has 0 atom stereocenters. The Kier molecular flexibility index (Phi) is 1.58. The molecule has 2 aromatic rings. The summed E-state index contributed by atoms with van der Waals surface area (Å²) < 4.78 is 7.28. The first kappa shape index (κ1) is 6.73. The van der Waals surface area contributed by atoms with Gasteiger partial charge in [0.05, 0.1) is 0 Å². The van der Waals surface area contributed by atoms with E-state index in [9.17, 15) is 0 Å². The van der Waals surface area contributed by atoms with Crippen LogP contribution in [-0.2, 0) is 0 Å². The van der Waals surface area contributed by atoms with Gasteiger partial charge in [-0.1, -0.05) is 16.1 Å². The molecule has 56 valence electrons. The molecule has 1 aromatic heterocycles. The van der Waals surface area contributed by atoms with E-state index in [0.29, 0.717) is 0 Å². The van der Waals surface area contributed by atoms with Crippen molar-refractivity contribution in [2.45, 2.75) is 0 Å². The van der Waals surface area contributed by atoms with Gasteiger partial charge in [0.1, 0.15) is 0 Å². The van der Waals surface area contributed by atoms with Crippen LogP contribution in [0, 0.1) is 0 Å². The molecule has 0 saturated heterocycles. The normalized spacial score (nSPS) is 10.6. The largest absolute Gasteiger partial charge is 0.403 e. The third-order valence-corrected chi connectivity index (χ3v) is 2.25. The molecule has 0 radical (unpaired) electrons. The standard InChI is InChI=1S/C8H8NOS/c1-11-9-6-10-8-5-3-2-4-7(8)9/h2-6H,1H3/q+1. The molecule has 0 bridgehead atoms. The fraction of sp³-hybridized carbons (Fsp3) is 0.125. The van der Waals surface area contributed by atoms with Crippen molar-refractivity contribution < 1.29 is 8.39 Å². The van der Waals surface area contributed by atoms with E-state index < -0.39 is 0 Å². The average molecular weight is 166 g/mol. The minimum absolute atomic E-state index is 0.932. The second-order valence-electron chi connectivity index (χ2n) is 2.20. The maximum absolute atomic E-state index is 5.28. The van der Waals surface area contributed by atoms with E-state index in [1.54, 1.807) is 18.3 Å². The molecule has 0 spiro atoms. The van der Waals surface area contributed by atoms with Gasteiger partial charge in [-0.2, -0.15) is 0 Å². The van der Waals surface area contributed by atoms with Gasteiger partial charge in [0.15, 0.2) is 11.9 Å². The van der Waals surface area contributed by atoms with Crippen LogP contribution in [0.5, 0.6) is 0 Å². The first-order chi connectivity index (χ1) is 5.42. The van der Waals surface area contributed by atoms with Crippen molar-refractivity contribution in [2.24, 2.45) is 0 Å². The fourth-order valence-corrected chi connectivity index (χ4v) is 1.52. The van der Waals surface area contributed by atoms with Crippen molar-refractivity contribution in [3.05, 3.63) is 30.7 Å². The fourth-order valence-electron chi connectivity index (χ4n) is 1.04. The molecule has 1 heterocycles. The first-order valence-corrected chi connectivity index (χ1v) is 4.52. The Hall–Kier alpha value is -0.960. The lowest BCUT2D eigenvalue weighted by atomic mass is 10.3. The van der Waals surface area contributed by atoms with E-state index in [-0.39, 0.29) is 0 Å². The molecule has 11 heavy (non-hydrogen) atoms. The summed E-state index contributed by atoms with van der Waals surface area (Å²) in [6.07, 6.45) is 3.73. The summed E-state index contributed by atoms with van der Waals surface area (Å²) in [5, 5.41) is 0. The molecule has 0 saturated carbocycles. The van der Waals surface area contributed by atoms with Crippen molar-refractivity contribution >= 4 is 23.0 Å². The smallest absolute Gasteiger partial charge is 0.349 e. The lowest BCUT2D eigenvalue weighted by Gasteiger charge is -1.80. The molecule has 0 amide bonds. The lowest BCUT2D eigenvalue weighted by Crippen LogP contribution is -2.20. The Labute approximate surface area is 69.0 Å². The molecular weight excluding hydrogens is 158 g/mol. The van der Waals surface area contributed by atoms with Crippen LogP contribution in [0.1, 0.15) is 0 Å². The van der Waals surface area contributed by atoms with Gasteiger partial charge in [0, 0.05) is 12.3 Å². The summed E-state index contributed by atoms with van der Waals surface area (Å²) in [6.45, 7) is 0. The molecule has 0 aliphatic heterocycles. The first-order valence-electron chi connectivity index (χ1n) is 3.34. The number of hydrogen-bond donors (Lipinski definition) is 0. The van der Waals surface area contributed by atoms with E-state index in [4.69, 9.17) is 4.42 Å². The lowest BCUT2D eigenvalue weighted by molar-refractivity contribution is -0.470. The summed E-state index contributed by atoms with van der Waals surface area (Å²) in [4.78, 5) is 0. The summed E-state index contributed by atoms with van der Waals surface area (Å²) in [5.74, 6) is 0. The number of oxazole rings is 1. The zero-order valence-electron chi connectivity index (χ0n) is 6.15. The van der Waals surface area contributed by atoms with Crippen molar-refractivity contribution in [3.8, 4) is 0 Å². The highest BCUT2D eigenvalue weighted by Gasteiger charge is 2.10. The topological polar surface area (TPSA) is 17.0 Å². The van der Waals surface area contributed by atoms with Gasteiger partial charge in [-0.05, 0) is 6.07 Å². The van der Waals surface area contributed by atoms with Crippen molar-refractivity contribution in [2.75, 3.05) is 6.26 Å². The van der Waals surface area contributed by atoms with Crippen molar-refractivity contribution in [1.82, 2.24) is 0 Å². The highest BCUT2D eigenvalue weighted by atomic mass is 32.2. The Morgan fingerprint density at radius 3 is 3.00 bits per heavy atom. The molecule has 1 aromatic carbocycles. The number of fused-ring (bicyclic) bond motifs is 1. The number of benzene rings is 1. The third kappa shape index (κ3) is 1.01. The molecule has 0 N–H and O–H groups in total. The van der Waals surface area contributed by atoms with E-state index in [2.05, 4.69) is 0 Å². The quantitative estimate of drug-likeness (QED) is 0.601. The van der Waals surface area contributed by atoms with E-state index in [1.165, 1.54) is 0 Å². The Bertz CT molecular complexity index is 369. The van der Waals surface area contributed by atoms with Crippen LogP contribution in [0.3, 0.4) is 0 Å². The number of rotatable bonds is 1. The minimum Gasteiger partial charge on any atom is -0.403 e. The van der Waals surface area contributed by atoms with E-state index >= 15 is 0 Å². The van der Waals surface area contributed by atoms with Crippen molar-refractivity contribution in [3.63, 3.8) is 0 Å². The number of para-hydroxylation sites is 2. The molecule has 0 aliphatic rings. The monoisotopic (exact) mass is 166 g/mol. The summed E-state index contributed by atoms with van der Waals surface area (Å²) in [5.41, 5.74) is 2.06. The third-order valence-electron chi connectivity index (χ3n) is 1.57. The minimum atomic E-state index is 0.932. The van der Waals surface area contributed by atoms with Crippen LogP contribution in [0.4, 0.5) is 0 Å². The van der Waals surface area contributed by atoms with Crippen LogP contribution < -0.4 is 3.97 Å².